The van der Waals surface area contributed by atoms with Crippen LogP contribution in [0.2, 0.25) is 0 Å². The second-order valence-corrected chi connectivity index (χ2v) is 24.4. The van der Waals surface area contributed by atoms with Crippen molar-refractivity contribution in [3.63, 3.8) is 0 Å². The molecule has 0 radical (unpaired) electrons. The fourth-order valence-electron chi connectivity index (χ4n) is 12.2. The number of thiophene rings is 3. The highest BCUT2D eigenvalue weighted by Gasteiger charge is 2.18. The Labute approximate surface area is 502 Å². The number of benzene rings is 14. The molecule has 0 spiro atoms. The van der Waals surface area contributed by atoms with Gasteiger partial charge in [-0.2, -0.15) is 0 Å². The van der Waals surface area contributed by atoms with E-state index in [-0.39, 0.29) is 0 Å². The van der Waals surface area contributed by atoms with Gasteiger partial charge in [-0.15, -0.1) is 34.0 Å². The fraction of sp³-hybridized carbons (Fsp3) is 0. The lowest BCUT2D eigenvalue weighted by Gasteiger charge is -2.10. The van der Waals surface area contributed by atoms with Crippen molar-refractivity contribution in [2.75, 3.05) is 16.0 Å². The van der Waals surface area contributed by atoms with Gasteiger partial charge in [0.15, 0.2) is 5.58 Å². The van der Waals surface area contributed by atoms with Crippen molar-refractivity contribution in [2.24, 2.45) is 0 Å². The largest absolute Gasteiger partial charge is 0.454 e. The number of anilines is 6. The standard InChI is InChI=1S/C32H19NOS.C24H17NS.C22H15NS/c1-3-9-21-19(7-1)16-18-28-29(21)25-12-6-13-26(30(25)34-28)33-27-14-5-11-23-24-17-15-20-8-2-4-10-22(20)31(24)35-32(23)27;1-2-7-18(8-3-1)25-19-15-13-17(14-16-19)20-10-6-11-22-21-9-4-5-12-23(21)26-24(20)22;1-2-9-16(10-3-1)23-19-14-15-8-4-5-11-17(15)21-18-12-6-7-13-20(18)24-22(19)21/h1-18,33H;1-16,25H;1-14,23H. The molecule has 14 aromatic carbocycles. The molecule has 0 saturated heterocycles. The normalized spacial score (nSPS) is 11.5. The van der Waals surface area contributed by atoms with Crippen molar-refractivity contribution in [2.45, 2.75) is 0 Å². The number of para-hydroxylation sites is 3. The molecular formula is C78H51N3OS3. The van der Waals surface area contributed by atoms with Crippen LogP contribution in [0.3, 0.4) is 0 Å². The Hall–Kier alpha value is -10.3. The van der Waals surface area contributed by atoms with Crippen LogP contribution in [-0.4, -0.2) is 0 Å². The minimum atomic E-state index is 0.891. The second kappa shape index (κ2) is 21.5. The third-order valence-electron chi connectivity index (χ3n) is 16.1. The molecule has 0 bridgehead atoms. The molecule has 3 N–H and O–H groups in total. The van der Waals surface area contributed by atoms with Gasteiger partial charge in [0.2, 0.25) is 0 Å². The number of hydrogen-bond acceptors (Lipinski definition) is 7. The minimum absolute atomic E-state index is 0.891. The Kier molecular flexibility index (Phi) is 12.7. The Morgan fingerprint density at radius 3 is 1.53 bits per heavy atom. The highest BCUT2D eigenvalue weighted by molar-refractivity contribution is 7.27. The molecule has 0 saturated carbocycles. The lowest BCUT2D eigenvalue weighted by Crippen LogP contribution is -1.90. The van der Waals surface area contributed by atoms with Crippen molar-refractivity contribution in [3.05, 3.63) is 291 Å². The first-order valence-corrected chi connectivity index (χ1v) is 31.0. The maximum atomic E-state index is 6.43. The van der Waals surface area contributed by atoms with Gasteiger partial charge in [-0.1, -0.05) is 218 Å². The summed E-state index contributed by atoms with van der Waals surface area (Å²) in [5.41, 5.74) is 10.9. The van der Waals surface area contributed by atoms with Crippen molar-refractivity contribution >= 4 is 183 Å². The molecule has 0 aliphatic heterocycles. The Balaban J connectivity index is 0.000000106. The van der Waals surface area contributed by atoms with Crippen LogP contribution in [-0.2, 0) is 0 Å². The first-order valence-electron chi connectivity index (χ1n) is 28.5. The molecular weight excluding hydrogens is 1090 g/mol. The van der Waals surface area contributed by atoms with E-state index in [0.29, 0.717) is 0 Å². The van der Waals surface area contributed by atoms with E-state index in [9.17, 15) is 0 Å². The zero-order chi connectivity index (χ0) is 56.2. The van der Waals surface area contributed by atoms with Gasteiger partial charge in [0.1, 0.15) is 5.58 Å². The van der Waals surface area contributed by atoms with Crippen LogP contribution >= 0.6 is 34.0 Å². The summed E-state index contributed by atoms with van der Waals surface area (Å²) in [6.45, 7) is 0. The molecule has 4 heterocycles. The monoisotopic (exact) mass is 1140 g/mol. The van der Waals surface area contributed by atoms with Crippen molar-refractivity contribution in [1.29, 1.82) is 0 Å². The summed E-state index contributed by atoms with van der Waals surface area (Å²) in [5, 5.41) is 28.7. The predicted octanol–water partition coefficient (Wildman–Crippen LogP) is 24.4. The number of furan rings is 1. The lowest BCUT2D eigenvalue weighted by molar-refractivity contribution is 0.670. The first kappa shape index (κ1) is 50.4. The third kappa shape index (κ3) is 9.23. The molecule has 0 unspecified atom stereocenters. The highest BCUT2D eigenvalue weighted by atomic mass is 32.1. The minimum Gasteiger partial charge on any atom is -0.454 e. The summed E-state index contributed by atoms with van der Waals surface area (Å²) in [4.78, 5) is 0. The van der Waals surface area contributed by atoms with Crippen LogP contribution in [0, 0.1) is 0 Å². The topological polar surface area (TPSA) is 49.2 Å². The van der Waals surface area contributed by atoms with Gasteiger partial charge in [0, 0.05) is 79.0 Å². The van der Waals surface area contributed by atoms with E-state index >= 15 is 0 Å². The summed E-state index contributed by atoms with van der Waals surface area (Å²) in [5.74, 6) is 0. The average Bonchev–Trinajstić information content (AvgIpc) is 2.21. The molecule has 0 amide bonds. The maximum absolute atomic E-state index is 6.43. The summed E-state index contributed by atoms with van der Waals surface area (Å²) in [6, 6.07) is 103. The predicted molar refractivity (Wildman–Crippen MR) is 372 cm³/mol. The zero-order valence-corrected chi connectivity index (χ0v) is 48.3. The van der Waals surface area contributed by atoms with Gasteiger partial charge in [-0.25, -0.2) is 0 Å². The number of rotatable bonds is 7. The fourth-order valence-corrected chi connectivity index (χ4v) is 15.9. The van der Waals surface area contributed by atoms with E-state index in [2.05, 4.69) is 283 Å². The lowest BCUT2D eigenvalue weighted by atomic mass is 10.0. The second-order valence-electron chi connectivity index (χ2n) is 21.3. The van der Waals surface area contributed by atoms with Crippen LogP contribution in [0.1, 0.15) is 0 Å². The number of nitrogens with one attached hydrogen (secondary N) is 3. The van der Waals surface area contributed by atoms with E-state index in [1.54, 1.807) is 0 Å². The van der Waals surface area contributed by atoms with Crippen LogP contribution in [0.15, 0.2) is 296 Å². The van der Waals surface area contributed by atoms with E-state index in [1.165, 1.54) is 115 Å². The van der Waals surface area contributed by atoms with Gasteiger partial charge in [0.05, 0.1) is 26.5 Å². The molecule has 0 aliphatic carbocycles. The Morgan fingerprint density at radius 1 is 0.259 bits per heavy atom. The number of fused-ring (bicyclic) bond motifs is 18. The molecule has 85 heavy (non-hydrogen) atoms. The Bertz CT molecular complexity index is 5520. The van der Waals surface area contributed by atoms with Gasteiger partial charge in [-0.3, -0.25) is 0 Å². The van der Waals surface area contributed by atoms with Crippen LogP contribution in [0.5, 0.6) is 0 Å². The van der Waals surface area contributed by atoms with E-state index in [0.717, 1.165) is 45.0 Å². The average molecular weight is 1140 g/mol. The van der Waals surface area contributed by atoms with E-state index in [1.807, 2.05) is 58.3 Å². The number of hydrogen-bond donors (Lipinski definition) is 3. The highest BCUT2D eigenvalue weighted by Crippen LogP contribution is 2.46. The molecule has 0 fully saturated rings. The summed E-state index contributed by atoms with van der Waals surface area (Å²) in [6.07, 6.45) is 0. The summed E-state index contributed by atoms with van der Waals surface area (Å²) >= 11 is 5.59. The molecule has 4 nitrogen and oxygen atoms in total. The van der Waals surface area contributed by atoms with Crippen LogP contribution < -0.4 is 16.0 Å². The van der Waals surface area contributed by atoms with E-state index < -0.39 is 0 Å². The smallest absolute Gasteiger partial charge is 0.158 e. The molecule has 0 aliphatic rings. The van der Waals surface area contributed by atoms with Gasteiger partial charge >= 0.3 is 0 Å². The first-order chi connectivity index (χ1) is 42.1. The van der Waals surface area contributed by atoms with Crippen molar-refractivity contribution < 1.29 is 4.42 Å². The summed E-state index contributed by atoms with van der Waals surface area (Å²) < 4.78 is 14.4. The van der Waals surface area contributed by atoms with Gasteiger partial charge < -0.3 is 20.4 Å². The SMILES string of the molecule is c1ccc(Nc2cc3ccccc3c3c2sc2ccccc23)cc1.c1ccc(Nc2ccc(-c3cccc4c3sc3ccccc34)cc2)cc1.c1ccc2c(c1)ccc1c3cccc(Nc4cccc5c4oc4ccc6ccccc6c45)c3sc21. The van der Waals surface area contributed by atoms with Gasteiger partial charge in [-0.05, 0) is 116 Å². The molecule has 4 aromatic heterocycles. The zero-order valence-electron chi connectivity index (χ0n) is 45.8. The molecule has 18 rings (SSSR count). The molecule has 7 heteroatoms. The van der Waals surface area contributed by atoms with Crippen LogP contribution in [0.25, 0.3) is 126 Å². The van der Waals surface area contributed by atoms with Crippen molar-refractivity contribution in [1.82, 2.24) is 0 Å². The molecule has 18 aromatic rings. The third-order valence-corrected chi connectivity index (χ3v) is 19.8. The molecule has 0 atom stereocenters. The van der Waals surface area contributed by atoms with Gasteiger partial charge in [0.25, 0.3) is 0 Å². The quantitative estimate of drug-likeness (QED) is 0.149. The molecule has 402 valence electrons. The van der Waals surface area contributed by atoms with Crippen molar-refractivity contribution in [3.8, 4) is 11.1 Å². The Morgan fingerprint density at radius 2 is 0.776 bits per heavy atom. The maximum Gasteiger partial charge on any atom is 0.158 e. The van der Waals surface area contributed by atoms with Crippen LogP contribution in [0.4, 0.5) is 34.1 Å². The van der Waals surface area contributed by atoms with E-state index in [4.69, 9.17) is 4.42 Å². The summed E-state index contributed by atoms with van der Waals surface area (Å²) in [7, 11) is 0.